The molecule has 7 heteroatoms. The van der Waals surface area contributed by atoms with E-state index in [-0.39, 0.29) is 44.2 Å². The third-order valence-electron chi connectivity index (χ3n) is 3.48. The second-order valence-corrected chi connectivity index (χ2v) is 6.51. The standard InChI is InChI=1S/C14H23F3N2O2/c1-13(2,3)11-12(21)19(9-6-10(20)18-11)8-5-4-7-14(15,16)17/h11H,4-9H2,1-3H3,(H,18,20). The number of unbranched alkanes of at least 4 members (excludes halogenated alkanes) is 1. The second kappa shape index (κ2) is 6.66. The topological polar surface area (TPSA) is 49.4 Å². The fourth-order valence-corrected chi connectivity index (χ4v) is 2.26. The molecule has 0 radical (unpaired) electrons. The number of amides is 2. The first-order chi connectivity index (χ1) is 9.50. The Hall–Kier alpha value is -1.27. The highest BCUT2D eigenvalue weighted by Crippen LogP contribution is 2.24. The lowest BCUT2D eigenvalue weighted by Gasteiger charge is -2.32. The van der Waals surface area contributed by atoms with Gasteiger partial charge in [-0.1, -0.05) is 20.8 Å². The number of carbonyl (C=O) groups excluding carboxylic acids is 2. The summed E-state index contributed by atoms with van der Waals surface area (Å²) in [5, 5.41) is 2.70. The van der Waals surface area contributed by atoms with E-state index in [4.69, 9.17) is 0 Å². The maximum Gasteiger partial charge on any atom is 0.389 e. The molecule has 0 spiro atoms. The minimum atomic E-state index is -4.16. The monoisotopic (exact) mass is 308 g/mol. The highest BCUT2D eigenvalue weighted by atomic mass is 19.4. The molecule has 0 aliphatic carbocycles. The number of rotatable bonds is 4. The lowest BCUT2D eigenvalue weighted by atomic mass is 9.86. The fourth-order valence-electron chi connectivity index (χ4n) is 2.26. The zero-order valence-electron chi connectivity index (χ0n) is 12.7. The summed E-state index contributed by atoms with van der Waals surface area (Å²) in [6.07, 6.45) is -4.52. The molecule has 0 aromatic heterocycles. The molecule has 1 unspecified atom stereocenters. The number of alkyl halides is 3. The Morgan fingerprint density at radius 3 is 2.33 bits per heavy atom. The Morgan fingerprint density at radius 2 is 1.81 bits per heavy atom. The Morgan fingerprint density at radius 1 is 1.19 bits per heavy atom. The van der Waals surface area contributed by atoms with Crippen LogP contribution >= 0.6 is 0 Å². The van der Waals surface area contributed by atoms with Crippen LogP contribution in [-0.4, -0.2) is 42.0 Å². The van der Waals surface area contributed by atoms with Gasteiger partial charge in [0.05, 0.1) is 0 Å². The van der Waals surface area contributed by atoms with Crippen molar-refractivity contribution < 1.29 is 22.8 Å². The molecule has 1 aliphatic rings. The fraction of sp³-hybridized carbons (Fsp3) is 0.857. The molecule has 1 N–H and O–H groups in total. The molecule has 1 aliphatic heterocycles. The van der Waals surface area contributed by atoms with Gasteiger partial charge in [0.15, 0.2) is 0 Å². The molecule has 1 fully saturated rings. The number of nitrogens with zero attached hydrogens (tertiary/aromatic N) is 1. The minimum absolute atomic E-state index is 0.00512. The van der Waals surface area contributed by atoms with Crippen LogP contribution in [-0.2, 0) is 9.59 Å². The van der Waals surface area contributed by atoms with Gasteiger partial charge in [-0.15, -0.1) is 0 Å². The SMILES string of the molecule is CC(C)(C)C1NC(=O)CCN(CCCCC(F)(F)F)C1=O. The van der Waals surface area contributed by atoms with Gasteiger partial charge in [0.25, 0.3) is 0 Å². The van der Waals surface area contributed by atoms with Crippen molar-refractivity contribution in [3.05, 3.63) is 0 Å². The van der Waals surface area contributed by atoms with Gasteiger partial charge < -0.3 is 10.2 Å². The number of halogens is 3. The molecule has 1 heterocycles. The van der Waals surface area contributed by atoms with Gasteiger partial charge in [-0.2, -0.15) is 13.2 Å². The van der Waals surface area contributed by atoms with E-state index in [1.807, 2.05) is 20.8 Å². The normalized spacial score (nSPS) is 21.2. The zero-order valence-corrected chi connectivity index (χ0v) is 12.7. The van der Waals surface area contributed by atoms with Crippen molar-refractivity contribution in [2.45, 2.75) is 58.7 Å². The van der Waals surface area contributed by atoms with Crippen LogP contribution in [0.3, 0.4) is 0 Å². The third-order valence-corrected chi connectivity index (χ3v) is 3.48. The van der Waals surface area contributed by atoms with Crippen LogP contribution in [0.2, 0.25) is 0 Å². The summed E-state index contributed by atoms with van der Waals surface area (Å²) in [6.45, 7) is 6.08. The first-order valence-corrected chi connectivity index (χ1v) is 7.15. The summed E-state index contributed by atoms with van der Waals surface area (Å²) in [7, 11) is 0. The van der Waals surface area contributed by atoms with Crippen molar-refractivity contribution in [2.75, 3.05) is 13.1 Å². The van der Waals surface area contributed by atoms with E-state index in [1.165, 1.54) is 4.90 Å². The molecule has 4 nitrogen and oxygen atoms in total. The van der Waals surface area contributed by atoms with E-state index >= 15 is 0 Å². The van der Waals surface area contributed by atoms with Crippen molar-refractivity contribution in [2.24, 2.45) is 5.41 Å². The molecule has 0 aromatic carbocycles. The lowest BCUT2D eigenvalue weighted by molar-refractivity contribution is -0.138. The quantitative estimate of drug-likeness (QED) is 0.811. The van der Waals surface area contributed by atoms with Gasteiger partial charge in [0.2, 0.25) is 11.8 Å². The maximum atomic E-state index is 12.4. The van der Waals surface area contributed by atoms with Crippen LogP contribution in [0.25, 0.3) is 0 Å². The number of hydrogen-bond donors (Lipinski definition) is 1. The van der Waals surface area contributed by atoms with Crippen LogP contribution in [0.4, 0.5) is 13.2 Å². The average Bonchev–Trinajstić information content (AvgIpc) is 2.44. The van der Waals surface area contributed by atoms with Crippen molar-refractivity contribution in [1.29, 1.82) is 0 Å². The van der Waals surface area contributed by atoms with Gasteiger partial charge in [0, 0.05) is 25.9 Å². The molecule has 1 rings (SSSR count). The van der Waals surface area contributed by atoms with E-state index < -0.39 is 24.1 Å². The number of nitrogens with one attached hydrogen (secondary N) is 1. The molecule has 0 aromatic rings. The number of carbonyl (C=O) groups is 2. The molecule has 122 valence electrons. The van der Waals surface area contributed by atoms with Crippen molar-refractivity contribution in [1.82, 2.24) is 10.2 Å². The van der Waals surface area contributed by atoms with E-state index in [1.54, 1.807) is 0 Å². The molecule has 21 heavy (non-hydrogen) atoms. The average molecular weight is 308 g/mol. The van der Waals surface area contributed by atoms with E-state index in [0.29, 0.717) is 0 Å². The second-order valence-electron chi connectivity index (χ2n) is 6.51. The van der Waals surface area contributed by atoms with Crippen LogP contribution in [0.15, 0.2) is 0 Å². The Kier molecular flexibility index (Phi) is 5.64. The molecule has 2 amide bonds. The molecular formula is C14H23F3N2O2. The van der Waals surface area contributed by atoms with Gasteiger partial charge in [0.1, 0.15) is 6.04 Å². The van der Waals surface area contributed by atoms with Crippen LogP contribution in [0, 0.1) is 5.41 Å². The van der Waals surface area contributed by atoms with Gasteiger partial charge in [-0.3, -0.25) is 9.59 Å². The molecule has 0 bridgehead atoms. The van der Waals surface area contributed by atoms with Crippen LogP contribution < -0.4 is 5.32 Å². The van der Waals surface area contributed by atoms with Crippen molar-refractivity contribution in [3.63, 3.8) is 0 Å². The molecule has 0 saturated carbocycles. The first-order valence-electron chi connectivity index (χ1n) is 7.15. The molecular weight excluding hydrogens is 285 g/mol. The van der Waals surface area contributed by atoms with E-state index in [0.717, 1.165) is 0 Å². The zero-order chi connectivity index (χ0) is 16.3. The lowest BCUT2D eigenvalue weighted by Crippen LogP contribution is -2.52. The van der Waals surface area contributed by atoms with Crippen LogP contribution in [0.5, 0.6) is 0 Å². The Balaban J connectivity index is 2.60. The van der Waals surface area contributed by atoms with Crippen LogP contribution in [0.1, 0.15) is 46.5 Å². The van der Waals surface area contributed by atoms with Crippen molar-refractivity contribution in [3.8, 4) is 0 Å². The Labute approximate surface area is 123 Å². The third kappa shape index (κ3) is 5.93. The smallest absolute Gasteiger partial charge is 0.344 e. The first kappa shape index (κ1) is 17.8. The number of hydrogen-bond acceptors (Lipinski definition) is 2. The maximum absolute atomic E-state index is 12.4. The largest absolute Gasteiger partial charge is 0.389 e. The summed E-state index contributed by atoms with van der Waals surface area (Å²) in [4.78, 5) is 25.6. The van der Waals surface area contributed by atoms with Gasteiger partial charge in [-0.25, -0.2) is 0 Å². The van der Waals surface area contributed by atoms with Gasteiger partial charge >= 0.3 is 6.18 Å². The predicted octanol–water partition coefficient (Wildman–Crippen LogP) is 2.48. The van der Waals surface area contributed by atoms with Gasteiger partial charge in [-0.05, 0) is 18.3 Å². The summed E-state index contributed by atoms with van der Waals surface area (Å²) >= 11 is 0. The Bertz CT molecular complexity index is 389. The summed E-state index contributed by atoms with van der Waals surface area (Å²) < 4.78 is 36.3. The van der Waals surface area contributed by atoms with Crippen molar-refractivity contribution >= 4 is 11.8 Å². The minimum Gasteiger partial charge on any atom is -0.344 e. The predicted molar refractivity (Wildman–Crippen MR) is 72.5 cm³/mol. The highest BCUT2D eigenvalue weighted by molar-refractivity contribution is 5.90. The molecule has 1 atom stereocenters. The molecule has 1 saturated heterocycles. The summed E-state index contributed by atoms with van der Waals surface area (Å²) in [6, 6.07) is -0.630. The summed E-state index contributed by atoms with van der Waals surface area (Å²) in [5.74, 6) is -0.401. The van der Waals surface area contributed by atoms with E-state index in [2.05, 4.69) is 5.32 Å². The highest BCUT2D eigenvalue weighted by Gasteiger charge is 2.37. The summed E-state index contributed by atoms with van der Waals surface area (Å²) in [5.41, 5.74) is -0.429. The van der Waals surface area contributed by atoms with E-state index in [9.17, 15) is 22.8 Å².